The Hall–Kier alpha value is 1.65. The van der Waals surface area contributed by atoms with Crippen molar-refractivity contribution in [3.8, 4) is 0 Å². The maximum absolute atomic E-state index is 6.79. The van der Waals surface area contributed by atoms with E-state index in [-0.39, 0.29) is 6.68 Å². The second-order valence-electron chi connectivity index (χ2n) is 0.276. The minimum atomic E-state index is 0.0654. The molecule has 0 radical (unpaired) electrons. The van der Waals surface area contributed by atoms with Crippen LogP contribution < -0.4 is 0 Å². The van der Waals surface area contributed by atoms with E-state index in [1.807, 2.05) is 0 Å². The lowest BCUT2D eigenvalue weighted by molar-refractivity contribution is 4.79. The van der Waals surface area contributed by atoms with Crippen LogP contribution in [0.2, 0.25) is 0 Å². The van der Waals surface area contributed by atoms with Gasteiger partial charge in [0.15, 0.2) is 6.68 Å². The fourth-order valence-corrected chi connectivity index (χ4v) is 0. The SMILES string of the molecule is [3H]B(P)PI. The molecule has 0 aliphatic carbocycles. The Morgan fingerprint density at radius 3 is 2.75 bits per heavy atom. The molecule has 0 aromatic rings. The maximum Gasteiger partial charge on any atom is 0.184 e. The third-order valence-corrected chi connectivity index (χ3v) is 3.80. The molecule has 0 spiro atoms. The molecular formula is H4BIP2. The van der Waals surface area contributed by atoms with Gasteiger partial charge in [0.25, 0.3) is 0 Å². The zero-order valence-electron chi connectivity index (χ0n) is 3.03. The summed E-state index contributed by atoms with van der Waals surface area (Å²) in [5, 5.41) is 0. The second kappa shape index (κ2) is 4.65. The predicted molar refractivity (Wildman–Crippen MR) is 39.2 cm³/mol. The highest BCUT2D eigenvalue weighted by molar-refractivity contribution is 14.2. The van der Waals surface area contributed by atoms with Gasteiger partial charge in [0.05, 0.1) is 0 Å². The Balaban J connectivity index is 2.54. The van der Waals surface area contributed by atoms with E-state index < -0.39 is 0 Å². The molecule has 0 fully saturated rings. The lowest BCUT2D eigenvalue weighted by atomic mass is 10.7. The minimum Gasteiger partial charge on any atom is -0.169 e. The number of hydrogen-bond donors (Lipinski definition) is 0. The van der Waals surface area contributed by atoms with Gasteiger partial charge >= 0.3 is 0 Å². The Morgan fingerprint density at radius 2 is 2.75 bits per heavy atom. The van der Waals surface area contributed by atoms with E-state index >= 15 is 0 Å². The first-order valence-corrected chi connectivity index (χ1v) is 5.67. The van der Waals surface area contributed by atoms with E-state index in [1.54, 1.807) is 0 Å². The zero-order valence-corrected chi connectivity index (χ0v) is 6.34. The summed E-state index contributed by atoms with van der Waals surface area (Å²) in [5.74, 6) is 0. The van der Waals surface area contributed by atoms with Crippen molar-refractivity contribution in [2.45, 2.75) is 0 Å². The Morgan fingerprint density at radius 1 is 2.50 bits per heavy atom. The van der Waals surface area contributed by atoms with Gasteiger partial charge in [0.2, 0.25) is 0 Å². The summed E-state index contributed by atoms with van der Waals surface area (Å²) < 4.78 is 6.79. The highest BCUT2D eigenvalue weighted by Gasteiger charge is 1.63. The average Bonchev–Trinajstić information content (AvgIpc) is 1.38. The van der Waals surface area contributed by atoms with E-state index in [4.69, 9.17) is 1.34 Å². The van der Waals surface area contributed by atoms with Crippen LogP contribution in [0.4, 0.5) is 0 Å². The minimum absolute atomic E-state index is 0.0654. The molecule has 2 unspecified atom stereocenters. The fraction of sp³-hybridized carbons (Fsp3) is 0. The molecule has 2 atom stereocenters. The van der Waals surface area contributed by atoms with Crippen molar-refractivity contribution in [1.29, 1.82) is 1.34 Å². The van der Waals surface area contributed by atoms with Crippen LogP contribution in [0, 0.1) is 0 Å². The first-order valence-electron chi connectivity index (χ1n) is 1.39. The van der Waals surface area contributed by atoms with E-state index in [2.05, 4.69) is 31.2 Å². The van der Waals surface area contributed by atoms with Crippen LogP contribution in [0.15, 0.2) is 0 Å². The smallest absolute Gasteiger partial charge is 0.169 e. The molecule has 24 valence electrons. The lowest BCUT2D eigenvalue weighted by Crippen LogP contribution is -1.38. The highest BCUT2D eigenvalue weighted by Crippen LogP contribution is 2.19. The van der Waals surface area contributed by atoms with Crippen LogP contribution >= 0.6 is 37.3 Å². The summed E-state index contributed by atoms with van der Waals surface area (Å²) in [6.07, 6.45) is 0.714. The monoisotopic (exact) mass is 206 g/mol. The predicted octanol–water partition coefficient (Wildman–Crippen LogP) is 1.16. The quantitative estimate of drug-likeness (QED) is 0.343. The first-order chi connectivity index (χ1) is 2.27. The average molecular weight is 206 g/mol. The summed E-state index contributed by atoms with van der Waals surface area (Å²) >= 11 is 2.20. The van der Waals surface area contributed by atoms with Crippen molar-refractivity contribution in [2.75, 3.05) is 0 Å². The molecule has 0 nitrogen and oxygen atoms in total. The van der Waals surface area contributed by atoms with Gasteiger partial charge in [-0.3, -0.25) is 0 Å². The molecular weight excluding hydrogens is 200 g/mol. The van der Waals surface area contributed by atoms with Crippen molar-refractivity contribution in [2.24, 2.45) is 0 Å². The molecule has 4 heavy (non-hydrogen) atoms. The molecule has 0 heterocycles. The topological polar surface area (TPSA) is 0 Å². The van der Waals surface area contributed by atoms with Gasteiger partial charge in [-0.15, -0.1) is 0 Å². The molecule has 0 aliphatic rings. The maximum atomic E-state index is 6.79. The molecule has 4 heteroatoms. The molecule has 0 rings (SSSR count). The summed E-state index contributed by atoms with van der Waals surface area (Å²) in [7, 11) is 2.41. The molecule has 0 aliphatic heterocycles. The molecule has 0 N–H and O–H groups in total. The van der Waals surface area contributed by atoms with Gasteiger partial charge in [-0.2, -0.15) is 9.12 Å². The van der Waals surface area contributed by atoms with Crippen LogP contribution in [-0.2, 0) is 0 Å². The summed E-state index contributed by atoms with van der Waals surface area (Å²) in [4.78, 5) is 0. The Bertz CT molecular complexity index is 23.6. The molecule has 0 amide bonds. The lowest BCUT2D eigenvalue weighted by Gasteiger charge is -1.62. The summed E-state index contributed by atoms with van der Waals surface area (Å²) in [5.41, 5.74) is 0. The van der Waals surface area contributed by atoms with Crippen LogP contribution in [0.1, 0.15) is 0 Å². The molecule has 0 aromatic heterocycles. The summed E-state index contributed by atoms with van der Waals surface area (Å²) in [6, 6.07) is 0. The number of rotatable bonds is 1. The van der Waals surface area contributed by atoms with Gasteiger partial charge in [-0.25, -0.2) is 0 Å². The van der Waals surface area contributed by atoms with E-state index in [0.717, 1.165) is 0 Å². The third kappa shape index (κ3) is 3.65. The van der Waals surface area contributed by atoms with Crippen LogP contribution in [0.25, 0.3) is 0 Å². The first kappa shape index (κ1) is 3.83. The Labute approximate surface area is 45.5 Å². The van der Waals surface area contributed by atoms with Crippen LogP contribution in [0.3, 0.4) is 0 Å². The number of hydrogen-bond acceptors (Lipinski definition) is 0. The summed E-state index contributed by atoms with van der Waals surface area (Å²) in [6.45, 7) is 0.0654. The zero-order chi connectivity index (χ0) is 4.28. The van der Waals surface area contributed by atoms with Gasteiger partial charge in [-0.1, -0.05) is 28.1 Å². The van der Waals surface area contributed by atoms with Gasteiger partial charge in [-0.05, 0) is 1.34 Å². The van der Waals surface area contributed by atoms with E-state index in [0.29, 0.717) is 6.10 Å². The van der Waals surface area contributed by atoms with E-state index in [9.17, 15) is 0 Å². The second-order valence-corrected chi connectivity index (χ2v) is 3.70. The molecule has 0 bridgehead atoms. The van der Waals surface area contributed by atoms with Crippen LogP contribution in [-0.4, -0.2) is 8.02 Å². The Kier molecular flexibility index (Phi) is 4.46. The van der Waals surface area contributed by atoms with Crippen molar-refractivity contribution >= 4 is 43.9 Å². The molecule has 0 saturated heterocycles. The molecule has 0 aromatic carbocycles. The van der Waals surface area contributed by atoms with Crippen molar-refractivity contribution in [3.05, 3.63) is 0 Å². The van der Waals surface area contributed by atoms with Crippen LogP contribution in [0.5, 0.6) is 0 Å². The van der Waals surface area contributed by atoms with Crippen molar-refractivity contribution in [3.63, 3.8) is 0 Å². The van der Waals surface area contributed by atoms with Gasteiger partial charge < -0.3 is 0 Å². The number of halogens is 1. The largest absolute Gasteiger partial charge is 0.184 e. The van der Waals surface area contributed by atoms with Crippen molar-refractivity contribution in [1.82, 2.24) is 0 Å². The molecule has 0 saturated carbocycles. The third-order valence-electron chi connectivity index (χ3n) is 0.0630. The van der Waals surface area contributed by atoms with Gasteiger partial charge in [0, 0.05) is 0 Å². The standard InChI is InChI=1S/BH4IP2/c2-4-1-3/h1,4H,3H2/i1T. The fourth-order valence-electron chi connectivity index (χ4n) is 0. The normalized spacial score (nSPS) is 13.0. The van der Waals surface area contributed by atoms with Gasteiger partial charge in [0.1, 0.15) is 0 Å². The van der Waals surface area contributed by atoms with Crippen molar-refractivity contribution < 1.29 is 0 Å². The highest BCUT2D eigenvalue weighted by atomic mass is 127. The van der Waals surface area contributed by atoms with E-state index in [1.165, 1.54) is 0 Å².